The molecule has 0 radical (unpaired) electrons. The van der Waals surface area contributed by atoms with Crippen molar-refractivity contribution in [2.24, 2.45) is 0 Å². The number of rotatable bonds is 6. The monoisotopic (exact) mass is 194 g/mol. The average molecular weight is 194 g/mol. The van der Waals surface area contributed by atoms with Crippen molar-refractivity contribution in [2.45, 2.75) is 32.7 Å². The summed E-state index contributed by atoms with van der Waals surface area (Å²) in [4.78, 5) is 0. The maximum Gasteiger partial charge on any atom is 0.137 e. The molecule has 1 aliphatic carbocycles. The van der Waals surface area contributed by atoms with E-state index in [2.05, 4.69) is 11.9 Å². The lowest BCUT2D eigenvalue weighted by atomic mass is 10.2. The molecule has 0 aliphatic heterocycles. The summed E-state index contributed by atoms with van der Waals surface area (Å²) in [6, 6.07) is 0.624. The van der Waals surface area contributed by atoms with Crippen molar-refractivity contribution in [3.63, 3.8) is 0 Å². The largest absolute Gasteiger partial charge is 0.492 e. The first-order valence-corrected chi connectivity index (χ1v) is 4.99. The van der Waals surface area contributed by atoms with Crippen LogP contribution in [0.4, 0.5) is 0 Å². The highest BCUT2D eigenvalue weighted by molar-refractivity contribution is 6.04. The molecule has 1 rings (SSSR count). The Hall–Kier alpha value is -1.25. The maximum absolute atomic E-state index is 7.65. The van der Waals surface area contributed by atoms with Gasteiger partial charge in [-0.15, -0.1) is 0 Å². The summed E-state index contributed by atoms with van der Waals surface area (Å²) in [5.74, 6) is 0.435. The minimum Gasteiger partial charge on any atom is -0.492 e. The van der Waals surface area contributed by atoms with Crippen LogP contribution in [-0.2, 0) is 4.74 Å². The van der Waals surface area contributed by atoms with Gasteiger partial charge in [0.05, 0.1) is 12.3 Å². The molecule has 78 valence electrons. The summed E-state index contributed by atoms with van der Waals surface area (Å²) in [6.07, 6.45) is 4.24. The van der Waals surface area contributed by atoms with Crippen LogP contribution in [-0.4, -0.2) is 18.4 Å². The van der Waals surface area contributed by atoms with Gasteiger partial charge in [0.15, 0.2) is 0 Å². The Morgan fingerprint density at radius 2 is 2.29 bits per heavy atom. The van der Waals surface area contributed by atoms with Crippen molar-refractivity contribution in [1.29, 1.82) is 5.41 Å². The van der Waals surface area contributed by atoms with Gasteiger partial charge >= 0.3 is 0 Å². The van der Waals surface area contributed by atoms with Gasteiger partial charge in [-0.1, -0.05) is 6.58 Å². The van der Waals surface area contributed by atoms with E-state index in [0.717, 1.165) is 5.70 Å². The molecule has 0 unspecified atom stereocenters. The number of hydrogen-bond donors (Lipinski definition) is 2. The summed E-state index contributed by atoms with van der Waals surface area (Å²) in [5.41, 5.74) is 1.36. The molecule has 0 aromatic rings. The average Bonchev–Trinajstić information content (AvgIpc) is 2.88. The van der Waals surface area contributed by atoms with Crippen LogP contribution in [0, 0.1) is 5.41 Å². The molecule has 0 atom stereocenters. The van der Waals surface area contributed by atoms with Crippen molar-refractivity contribution in [1.82, 2.24) is 5.32 Å². The van der Waals surface area contributed by atoms with E-state index in [0.29, 0.717) is 24.1 Å². The van der Waals surface area contributed by atoms with Crippen LogP contribution >= 0.6 is 0 Å². The second-order valence-corrected chi connectivity index (χ2v) is 3.52. The van der Waals surface area contributed by atoms with E-state index >= 15 is 0 Å². The highest BCUT2D eigenvalue weighted by atomic mass is 16.5. The molecule has 14 heavy (non-hydrogen) atoms. The first kappa shape index (κ1) is 10.8. The van der Waals surface area contributed by atoms with Crippen LogP contribution in [0.5, 0.6) is 0 Å². The Kier molecular flexibility index (Phi) is 3.74. The van der Waals surface area contributed by atoms with E-state index < -0.39 is 0 Å². The van der Waals surface area contributed by atoms with Crippen LogP contribution in [0.3, 0.4) is 0 Å². The van der Waals surface area contributed by atoms with Gasteiger partial charge in [-0.25, -0.2) is 0 Å². The van der Waals surface area contributed by atoms with Gasteiger partial charge in [-0.3, -0.25) is 5.41 Å². The summed E-state index contributed by atoms with van der Waals surface area (Å²) < 4.78 is 5.13. The standard InChI is InChI=1S/C11H18N2O/c1-4-14-9(3)11(12)7-8(2)13-10-5-6-10/h7,10,12-13H,3-6H2,1-2H3/b8-7-,12-11?. The third-order valence-corrected chi connectivity index (χ3v) is 1.99. The highest BCUT2D eigenvalue weighted by Gasteiger charge is 2.20. The van der Waals surface area contributed by atoms with E-state index in [-0.39, 0.29) is 0 Å². The van der Waals surface area contributed by atoms with Gasteiger partial charge in [0.1, 0.15) is 5.76 Å². The van der Waals surface area contributed by atoms with Gasteiger partial charge in [-0.05, 0) is 32.8 Å². The van der Waals surface area contributed by atoms with Crippen molar-refractivity contribution >= 4 is 5.71 Å². The molecule has 0 amide bonds. The van der Waals surface area contributed by atoms with Crippen molar-refractivity contribution in [2.75, 3.05) is 6.61 Å². The van der Waals surface area contributed by atoms with Crippen molar-refractivity contribution < 1.29 is 4.74 Å². The maximum atomic E-state index is 7.65. The summed E-state index contributed by atoms with van der Waals surface area (Å²) in [5, 5.41) is 11.0. The Balaban J connectivity index is 2.39. The molecule has 1 fully saturated rings. The molecular weight excluding hydrogens is 176 g/mol. The van der Waals surface area contributed by atoms with Crippen LogP contribution in [0.1, 0.15) is 26.7 Å². The lowest BCUT2D eigenvalue weighted by molar-refractivity contribution is 0.251. The number of hydrogen-bond acceptors (Lipinski definition) is 3. The zero-order valence-corrected chi connectivity index (χ0v) is 8.89. The smallest absolute Gasteiger partial charge is 0.137 e. The quantitative estimate of drug-likeness (QED) is 0.503. The second-order valence-electron chi connectivity index (χ2n) is 3.52. The Labute approximate surface area is 85.4 Å². The topological polar surface area (TPSA) is 45.1 Å². The molecule has 1 aliphatic rings. The summed E-state index contributed by atoms with van der Waals surface area (Å²) in [7, 11) is 0. The second kappa shape index (κ2) is 4.84. The molecule has 0 aromatic heterocycles. The normalized spacial score (nSPS) is 16.3. The fourth-order valence-corrected chi connectivity index (χ4v) is 1.14. The van der Waals surface area contributed by atoms with Crippen LogP contribution in [0.2, 0.25) is 0 Å². The molecule has 0 heterocycles. The van der Waals surface area contributed by atoms with Gasteiger partial charge < -0.3 is 10.1 Å². The van der Waals surface area contributed by atoms with Gasteiger partial charge in [0.2, 0.25) is 0 Å². The highest BCUT2D eigenvalue weighted by Crippen LogP contribution is 2.20. The molecule has 2 N–H and O–H groups in total. The van der Waals surface area contributed by atoms with E-state index in [1.165, 1.54) is 12.8 Å². The zero-order valence-electron chi connectivity index (χ0n) is 8.89. The number of ether oxygens (including phenoxy) is 1. The van der Waals surface area contributed by atoms with E-state index in [1.54, 1.807) is 6.08 Å². The van der Waals surface area contributed by atoms with Gasteiger partial charge in [0.25, 0.3) is 0 Å². The Morgan fingerprint density at radius 3 is 2.79 bits per heavy atom. The third-order valence-electron chi connectivity index (χ3n) is 1.99. The molecule has 0 spiro atoms. The van der Waals surface area contributed by atoms with Crippen LogP contribution in [0.15, 0.2) is 24.1 Å². The molecule has 1 saturated carbocycles. The van der Waals surface area contributed by atoms with Crippen LogP contribution in [0.25, 0.3) is 0 Å². The molecular formula is C11H18N2O. The third kappa shape index (κ3) is 3.64. The molecule has 3 nitrogen and oxygen atoms in total. The van der Waals surface area contributed by atoms with Crippen LogP contribution < -0.4 is 5.32 Å². The molecule has 3 heteroatoms. The van der Waals surface area contributed by atoms with Crippen molar-refractivity contribution in [3.05, 3.63) is 24.1 Å². The number of nitrogens with one attached hydrogen (secondary N) is 2. The molecule has 0 aromatic carbocycles. The minimum absolute atomic E-state index is 0.345. The van der Waals surface area contributed by atoms with Gasteiger partial charge in [0, 0.05) is 11.7 Å². The fraction of sp³-hybridized carbons (Fsp3) is 0.545. The van der Waals surface area contributed by atoms with E-state index in [1.807, 2.05) is 13.8 Å². The Bertz CT molecular complexity index is 264. The molecule has 0 bridgehead atoms. The minimum atomic E-state index is 0.345. The lowest BCUT2D eigenvalue weighted by Gasteiger charge is -2.07. The van der Waals surface area contributed by atoms with E-state index in [9.17, 15) is 0 Å². The predicted octanol–water partition coefficient (Wildman–Crippen LogP) is 2.21. The number of allylic oxidation sites excluding steroid dienone is 2. The first-order valence-electron chi connectivity index (χ1n) is 4.99. The lowest BCUT2D eigenvalue weighted by Crippen LogP contribution is -2.15. The fourth-order valence-electron chi connectivity index (χ4n) is 1.14. The Morgan fingerprint density at radius 1 is 1.64 bits per heavy atom. The van der Waals surface area contributed by atoms with E-state index in [4.69, 9.17) is 10.1 Å². The summed E-state index contributed by atoms with van der Waals surface area (Å²) in [6.45, 7) is 8.08. The first-order chi connectivity index (χ1) is 6.63. The zero-order chi connectivity index (χ0) is 10.6. The SMILES string of the molecule is C=C(OCC)C(=N)/C=C(/C)NC1CC1. The summed E-state index contributed by atoms with van der Waals surface area (Å²) >= 11 is 0. The molecule has 0 saturated heterocycles. The predicted molar refractivity (Wildman–Crippen MR) is 58.4 cm³/mol. The van der Waals surface area contributed by atoms with Gasteiger partial charge in [-0.2, -0.15) is 0 Å². The van der Waals surface area contributed by atoms with Crippen molar-refractivity contribution in [3.8, 4) is 0 Å².